The molecule has 1 aromatic carbocycles. The van der Waals surface area contributed by atoms with Crippen LogP contribution in [0, 0.1) is 22.7 Å². The maximum Gasteiger partial charge on any atom is 0.283 e. The van der Waals surface area contributed by atoms with Crippen LogP contribution in [0.5, 0.6) is 0 Å². The second-order valence-corrected chi connectivity index (χ2v) is 6.43. The minimum Gasteiger partial charge on any atom is -0.382 e. The highest BCUT2D eigenvalue weighted by Crippen LogP contribution is 2.23. The Bertz CT molecular complexity index is 1390. The van der Waals surface area contributed by atoms with Crippen molar-refractivity contribution < 1.29 is 0 Å². The van der Waals surface area contributed by atoms with Crippen LogP contribution in [0.15, 0.2) is 53.7 Å². The predicted molar refractivity (Wildman–Crippen MR) is 109 cm³/mol. The average molecular weight is 397 g/mol. The monoisotopic (exact) mass is 397 g/mol. The molecule has 0 spiro atoms. The number of fused-ring (bicyclic) bond motifs is 1. The van der Waals surface area contributed by atoms with E-state index < -0.39 is 6.04 Å². The van der Waals surface area contributed by atoms with E-state index in [1.165, 1.54) is 15.4 Å². The second-order valence-electron chi connectivity index (χ2n) is 6.43. The molecule has 30 heavy (non-hydrogen) atoms. The molecule has 4 aromatic rings. The summed E-state index contributed by atoms with van der Waals surface area (Å²) in [7, 11) is 0. The highest BCUT2D eigenvalue weighted by molar-refractivity contribution is 5.63. The molecule has 0 bridgehead atoms. The number of nitrogen functional groups attached to an aromatic ring is 1. The fraction of sp³-hybridized carbons (Fsp3) is 0.100. The Labute approximate surface area is 170 Å². The van der Waals surface area contributed by atoms with E-state index in [2.05, 4.69) is 20.4 Å². The normalized spacial score (nSPS) is 11.6. The summed E-state index contributed by atoms with van der Waals surface area (Å²) in [4.78, 5) is 21.3. The van der Waals surface area contributed by atoms with Gasteiger partial charge in [0.05, 0.1) is 17.3 Å². The number of nitriles is 2. The minimum absolute atomic E-state index is 0.0510. The summed E-state index contributed by atoms with van der Waals surface area (Å²) < 4.78 is 2.82. The van der Waals surface area contributed by atoms with Crippen molar-refractivity contribution in [3.63, 3.8) is 0 Å². The summed E-state index contributed by atoms with van der Waals surface area (Å²) in [6.07, 6.45) is 2.81. The molecule has 0 saturated carbocycles. The minimum atomic E-state index is -0.545. The van der Waals surface area contributed by atoms with Gasteiger partial charge in [0.1, 0.15) is 41.2 Å². The van der Waals surface area contributed by atoms with Crippen molar-refractivity contribution in [2.75, 3.05) is 11.1 Å². The first-order chi connectivity index (χ1) is 14.5. The lowest BCUT2D eigenvalue weighted by molar-refractivity contribution is 0.672. The molecule has 3 N–H and O–H groups in total. The Hall–Kier alpha value is -4.70. The van der Waals surface area contributed by atoms with E-state index in [4.69, 9.17) is 5.73 Å². The van der Waals surface area contributed by atoms with Gasteiger partial charge in [0.15, 0.2) is 5.82 Å². The van der Waals surface area contributed by atoms with Crippen LogP contribution in [0.25, 0.3) is 11.2 Å². The fourth-order valence-corrected chi connectivity index (χ4v) is 3.17. The third-order valence-corrected chi connectivity index (χ3v) is 4.58. The van der Waals surface area contributed by atoms with Crippen molar-refractivity contribution in [2.24, 2.45) is 0 Å². The van der Waals surface area contributed by atoms with Crippen LogP contribution >= 0.6 is 0 Å². The van der Waals surface area contributed by atoms with Crippen molar-refractivity contribution in [3.05, 3.63) is 76.2 Å². The van der Waals surface area contributed by atoms with Crippen molar-refractivity contribution in [1.29, 1.82) is 10.5 Å². The summed E-state index contributed by atoms with van der Waals surface area (Å²) in [5.74, 6) is 0.645. The molecule has 0 fully saturated rings. The summed E-state index contributed by atoms with van der Waals surface area (Å²) in [6, 6.07) is 14.0. The van der Waals surface area contributed by atoms with Crippen LogP contribution in [0.3, 0.4) is 0 Å². The molecule has 10 heteroatoms. The van der Waals surface area contributed by atoms with E-state index in [-0.39, 0.29) is 33.8 Å². The van der Waals surface area contributed by atoms with Gasteiger partial charge in [0.2, 0.25) is 0 Å². The van der Waals surface area contributed by atoms with Crippen LogP contribution in [-0.4, -0.2) is 24.1 Å². The molecule has 4 rings (SSSR count). The molecule has 1 unspecified atom stereocenters. The van der Waals surface area contributed by atoms with Crippen LogP contribution in [-0.2, 0) is 0 Å². The summed E-state index contributed by atoms with van der Waals surface area (Å²) in [6.45, 7) is 1.78. The number of hydrogen-bond donors (Lipinski definition) is 2. The van der Waals surface area contributed by atoms with Gasteiger partial charge in [-0.25, -0.2) is 14.5 Å². The number of hydrogen-bond acceptors (Lipinski definition) is 8. The topological polar surface area (TPSA) is 151 Å². The molecule has 0 amide bonds. The van der Waals surface area contributed by atoms with Crippen molar-refractivity contribution in [1.82, 2.24) is 24.1 Å². The first-order valence-electron chi connectivity index (χ1n) is 8.92. The number of nitrogens with one attached hydrogen (secondary N) is 1. The number of anilines is 2. The third kappa shape index (κ3) is 2.99. The van der Waals surface area contributed by atoms with Crippen molar-refractivity contribution in [2.45, 2.75) is 13.0 Å². The number of rotatable bonds is 4. The molecule has 146 valence electrons. The standard InChI is InChI=1S/C20H15N9O/c1-12(26-18-15(10-22)17(23)24-11-25-18)19-27-28-8-7-13(9-21)16(28)20(30)29(19)14-5-3-2-4-6-14/h2-8,11-12H,1H3,(H3,23,24,25,26). The van der Waals surface area contributed by atoms with Gasteiger partial charge in [-0.2, -0.15) is 15.6 Å². The lowest BCUT2D eigenvalue weighted by Crippen LogP contribution is -2.29. The molecule has 0 aliphatic carbocycles. The number of para-hydroxylation sites is 1. The Kier molecular flexibility index (Phi) is 4.58. The predicted octanol–water partition coefficient (Wildman–Crippen LogP) is 1.77. The van der Waals surface area contributed by atoms with E-state index in [0.717, 1.165) is 0 Å². The third-order valence-electron chi connectivity index (χ3n) is 4.58. The molecule has 0 aliphatic rings. The molecule has 3 heterocycles. The molecule has 1 atom stereocenters. The van der Waals surface area contributed by atoms with Gasteiger partial charge in [-0.1, -0.05) is 18.2 Å². The van der Waals surface area contributed by atoms with E-state index in [1.807, 2.05) is 18.2 Å². The largest absolute Gasteiger partial charge is 0.382 e. The lowest BCUT2D eigenvalue weighted by Gasteiger charge is -2.20. The van der Waals surface area contributed by atoms with Crippen LogP contribution in [0.4, 0.5) is 11.6 Å². The maximum absolute atomic E-state index is 13.3. The van der Waals surface area contributed by atoms with Gasteiger partial charge in [0.25, 0.3) is 5.56 Å². The van der Waals surface area contributed by atoms with Crippen LogP contribution < -0.4 is 16.6 Å². The molecule has 0 saturated heterocycles. The molecule has 0 radical (unpaired) electrons. The summed E-state index contributed by atoms with van der Waals surface area (Å²) in [5, 5.41) is 26.4. The second kappa shape index (κ2) is 7.37. The van der Waals surface area contributed by atoms with E-state index in [1.54, 1.807) is 43.5 Å². The SMILES string of the molecule is CC(Nc1ncnc(N)c1C#N)c1nn2ccc(C#N)c2c(=O)n1-c1ccccc1. The zero-order chi connectivity index (χ0) is 21.3. The van der Waals surface area contributed by atoms with Gasteiger partial charge in [-0.15, -0.1) is 0 Å². The average Bonchev–Trinajstić information content (AvgIpc) is 3.18. The highest BCUT2D eigenvalue weighted by atomic mass is 16.1. The highest BCUT2D eigenvalue weighted by Gasteiger charge is 2.21. The van der Waals surface area contributed by atoms with Gasteiger partial charge < -0.3 is 11.1 Å². The lowest BCUT2D eigenvalue weighted by atomic mass is 10.2. The Morgan fingerprint density at radius 3 is 2.60 bits per heavy atom. The quantitative estimate of drug-likeness (QED) is 0.529. The Balaban J connectivity index is 1.93. The Morgan fingerprint density at radius 2 is 1.90 bits per heavy atom. The number of aromatic nitrogens is 5. The number of nitrogens with two attached hydrogens (primary N) is 1. The number of nitrogens with zero attached hydrogens (tertiary/aromatic N) is 7. The molecule has 3 aromatic heterocycles. The molecule has 10 nitrogen and oxygen atoms in total. The summed E-state index contributed by atoms with van der Waals surface area (Å²) >= 11 is 0. The molecular formula is C20H15N9O. The molecule has 0 aliphatic heterocycles. The smallest absolute Gasteiger partial charge is 0.283 e. The van der Waals surface area contributed by atoms with E-state index >= 15 is 0 Å². The zero-order valence-corrected chi connectivity index (χ0v) is 15.8. The van der Waals surface area contributed by atoms with Gasteiger partial charge in [-0.05, 0) is 25.1 Å². The Morgan fingerprint density at radius 1 is 1.13 bits per heavy atom. The fourth-order valence-electron chi connectivity index (χ4n) is 3.17. The van der Waals surface area contributed by atoms with Gasteiger partial charge >= 0.3 is 0 Å². The van der Waals surface area contributed by atoms with E-state index in [9.17, 15) is 15.3 Å². The first kappa shape index (κ1) is 18.7. The van der Waals surface area contributed by atoms with Crippen molar-refractivity contribution in [3.8, 4) is 17.8 Å². The summed E-state index contributed by atoms with van der Waals surface area (Å²) in [5.41, 5.74) is 6.49. The van der Waals surface area contributed by atoms with Crippen LogP contribution in [0.1, 0.15) is 29.9 Å². The van der Waals surface area contributed by atoms with Crippen LogP contribution in [0.2, 0.25) is 0 Å². The maximum atomic E-state index is 13.3. The molecular weight excluding hydrogens is 382 g/mol. The first-order valence-corrected chi connectivity index (χ1v) is 8.92. The zero-order valence-electron chi connectivity index (χ0n) is 15.8. The van der Waals surface area contributed by atoms with Gasteiger partial charge in [-0.3, -0.25) is 9.36 Å². The number of benzene rings is 1. The van der Waals surface area contributed by atoms with Gasteiger partial charge in [0, 0.05) is 6.20 Å². The van der Waals surface area contributed by atoms with E-state index in [0.29, 0.717) is 11.5 Å². The van der Waals surface area contributed by atoms with Crippen molar-refractivity contribution >= 4 is 17.2 Å².